The smallest absolute Gasteiger partial charge is 0.261 e. The summed E-state index contributed by atoms with van der Waals surface area (Å²) in [5, 5.41) is 8.45. The van der Waals surface area contributed by atoms with Crippen molar-refractivity contribution in [1.82, 2.24) is 24.8 Å². The van der Waals surface area contributed by atoms with Crippen LogP contribution in [-0.2, 0) is 0 Å². The van der Waals surface area contributed by atoms with Crippen LogP contribution in [0.15, 0.2) is 42.9 Å². The first-order valence-electron chi connectivity index (χ1n) is 10.8. The maximum absolute atomic E-state index is 13.3. The lowest BCUT2D eigenvalue weighted by molar-refractivity contribution is 0.0792. The van der Waals surface area contributed by atoms with E-state index in [0.717, 1.165) is 32.5 Å². The number of hydrogen-bond acceptors (Lipinski definition) is 5. The molecule has 1 fully saturated rings. The molecule has 0 bridgehead atoms. The number of likely N-dealkylation sites (tertiary alicyclic amines) is 1. The van der Waals surface area contributed by atoms with Crippen LogP contribution in [0.25, 0.3) is 15.7 Å². The quantitative estimate of drug-likeness (QED) is 0.512. The van der Waals surface area contributed by atoms with Crippen LogP contribution in [0.2, 0.25) is 0 Å². The molecule has 0 spiro atoms. The van der Waals surface area contributed by atoms with Crippen LogP contribution in [0.5, 0.6) is 0 Å². The van der Waals surface area contributed by atoms with E-state index in [-0.39, 0.29) is 23.8 Å². The van der Waals surface area contributed by atoms with E-state index in [1.807, 2.05) is 44.0 Å². The van der Waals surface area contributed by atoms with Gasteiger partial charge in [0.2, 0.25) is 0 Å². The maximum atomic E-state index is 13.3. The monoisotopic (exact) mass is 447 g/mol. The molecule has 5 rings (SSSR count). The summed E-state index contributed by atoms with van der Waals surface area (Å²) in [5.41, 5.74) is 3.13. The highest BCUT2D eigenvalue weighted by Crippen LogP contribution is 2.40. The number of nitrogens with zero attached hydrogens (tertiary/aromatic N) is 4. The van der Waals surface area contributed by atoms with Crippen LogP contribution >= 0.6 is 11.3 Å². The molecule has 3 aromatic heterocycles. The second-order valence-electron chi connectivity index (χ2n) is 8.66. The number of fused-ring (bicyclic) bond motifs is 2. The van der Waals surface area contributed by atoms with Gasteiger partial charge in [0.25, 0.3) is 11.8 Å². The normalized spacial score (nSPS) is 16.4. The number of aromatic nitrogens is 3. The van der Waals surface area contributed by atoms with Crippen LogP contribution in [0.4, 0.5) is 0 Å². The lowest BCUT2D eigenvalue weighted by atomic mass is 9.95. The van der Waals surface area contributed by atoms with Crippen molar-refractivity contribution in [2.24, 2.45) is 0 Å². The summed E-state index contributed by atoms with van der Waals surface area (Å²) in [7, 11) is 0. The molecular weight excluding hydrogens is 422 g/mol. The Morgan fingerprint density at radius 3 is 2.84 bits per heavy atom. The van der Waals surface area contributed by atoms with E-state index in [1.54, 1.807) is 16.9 Å². The maximum Gasteiger partial charge on any atom is 0.261 e. The number of rotatable bonds is 4. The third kappa shape index (κ3) is 3.54. The summed E-state index contributed by atoms with van der Waals surface area (Å²) in [6, 6.07) is 8.20. The minimum Gasteiger partial charge on any atom is -0.349 e. The lowest BCUT2D eigenvalue weighted by Crippen LogP contribution is -2.31. The zero-order chi connectivity index (χ0) is 22.4. The van der Waals surface area contributed by atoms with E-state index in [0.29, 0.717) is 24.3 Å². The molecule has 1 aromatic carbocycles. The van der Waals surface area contributed by atoms with Crippen molar-refractivity contribution in [1.29, 1.82) is 0 Å². The standard InChI is InChI=1S/C24H25N5O2S/c1-14(2)27-23(30)21-20(17-6-4-5-7-19(17)32-21)16-8-9-28(13-16)24(31)18-11-26-29-12-15(3)10-25-22(18)29/h4-7,10-12,14,16H,8-9,13H2,1-3H3,(H,27,30)/t16-/m0/s1. The van der Waals surface area contributed by atoms with Gasteiger partial charge in [0.1, 0.15) is 5.56 Å². The summed E-state index contributed by atoms with van der Waals surface area (Å²) in [4.78, 5) is 33.3. The van der Waals surface area contributed by atoms with E-state index in [4.69, 9.17) is 0 Å². The molecule has 1 atom stereocenters. The van der Waals surface area contributed by atoms with E-state index in [9.17, 15) is 9.59 Å². The van der Waals surface area contributed by atoms with Crippen molar-refractivity contribution in [2.75, 3.05) is 13.1 Å². The number of carbonyl (C=O) groups is 2. The van der Waals surface area contributed by atoms with Gasteiger partial charge in [-0.2, -0.15) is 5.10 Å². The largest absolute Gasteiger partial charge is 0.349 e. The molecule has 164 valence electrons. The predicted octanol–water partition coefficient (Wildman–Crippen LogP) is 4.02. The summed E-state index contributed by atoms with van der Waals surface area (Å²) >= 11 is 1.53. The highest BCUT2D eigenvalue weighted by molar-refractivity contribution is 7.21. The van der Waals surface area contributed by atoms with Crippen molar-refractivity contribution in [2.45, 2.75) is 39.2 Å². The zero-order valence-electron chi connectivity index (χ0n) is 18.3. The Morgan fingerprint density at radius 2 is 2.03 bits per heavy atom. The van der Waals surface area contributed by atoms with Crippen molar-refractivity contribution >= 4 is 38.9 Å². The number of thiophene rings is 1. The van der Waals surface area contributed by atoms with Gasteiger partial charge in [0.05, 0.1) is 11.1 Å². The minimum absolute atomic E-state index is 0.0387. The van der Waals surface area contributed by atoms with Gasteiger partial charge < -0.3 is 10.2 Å². The summed E-state index contributed by atoms with van der Waals surface area (Å²) in [6.07, 6.45) is 6.03. The number of aryl methyl sites for hydroxylation is 1. The first-order chi connectivity index (χ1) is 15.4. The van der Waals surface area contributed by atoms with Gasteiger partial charge in [-0.05, 0) is 49.8 Å². The van der Waals surface area contributed by atoms with Crippen LogP contribution in [0.3, 0.4) is 0 Å². The van der Waals surface area contributed by atoms with Crippen LogP contribution in [0, 0.1) is 6.92 Å². The molecule has 1 aliphatic heterocycles. The second kappa shape index (κ2) is 8.02. The van der Waals surface area contributed by atoms with Gasteiger partial charge in [-0.15, -0.1) is 11.3 Å². The van der Waals surface area contributed by atoms with Crippen molar-refractivity contribution in [3.8, 4) is 0 Å². The fourth-order valence-electron chi connectivity index (χ4n) is 4.44. The van der Waals surface area contributed by atoms with Crippen molar-refractivity contribution < 1.29 is 9.59 Å². The van der Waals surface area contributed by atoms with E-state index in [1.165, 1.54) is 11.3 Å². The minimum atomic E-state index is -0.0634. The first kappa shape index (κ1) is 20.6. The molecule has 1 aliphatic rings. The average Bonchev–Trinajstić information content (AvgIpc) is 3.48. The number of nitrogens with one attached hydrogen (secondary N) is 1. The van der Waals surface area contributed by atoms with Gasteiger partial charge in [0, 0.05) is 42.1 Å². The topological polar surface area (TPSA) is 79.6 Å². The highest BCUT2D eigenvalue weighted by atomic mass is 32.1. The third-order valence-electron chi connectivity index (χ3n) is 5.86. The average molecular weight is 448 g/mol. The Labute approximate surface area is 190 Å². The highest BCUT2D eigenvalue weighted by Gasteiger charge is 2.34. The molecule has 0 unspecified atom stereocenters. The zero-order valence-corrected chi connectivity index (χ0v) is 19.1. The third-order valence-corrected chi connectivity index (χ3v) is 7.04. The molecule has 1 N–H and O–H groups in total. The van der Waals surface area contributed by atoms with Gasteiger partial charge in [0.15, 0.2) is 5.65 Å². The fraction of sp³-hybridized carbons (Fsp3) is 0.333. The number of amides is 2. The molecule has 4 heterocycles. The molecular formula is C24H25N5O2S. The van der Waals surface area contributed by atoms with Crippen molar-refractivity contribution in [3.63, 3.8) is 0 Å². The first-order valence-corrected chi connectivity index (χ1v) is 11.7. The molecule has 8 heteroatoms. The van der Waals surface area contributed by atoms with E-state index in [2.05, 4.69) is 27.5 Å². The van der Waals surface area contributed by atoms with Gasteiger partial charge >= 0.3 is 0 Å². The van der Waals surface area contributed by atoms with Crippen LogP contribution in [-0.4, -0.2) is 50.4 Å². The van der Waals surface area contributed by atoms with E-state index >= 15 is 0 Å². The van der Waals surface area contributed by atoms with Gasteiger partial charge in [-0.25, -0.2) is 9.50 Å². The van der Waals surface area contributed by atoms with Crippen molar-refractivity contribution in [3.05, 3.63) is 64.4 Å². The Balaban J connectivity index is 1.46. The molecule has 0 radical (unpaired) electrons. The molecule has 32 heavy (non-hydrogen) atoms. The molecule has 2 amide bonds. The molecule has 1 saturated heterocycles. The molecule has 4 aromatic rings. The Morgan fingerprint density at radius 1 is 1.22 bits per heavy atom. The second-order valence-corrected chi connectivity index (χ2v) is 9.72. The molecule has 0 aliphatic carbocycles. The summed E-state index contributed by atoms with van der Waals surface area (Å²) in [5.74, 6) is 0.00907. The molecule has 7 nitrogen and oxygen atoms in total. The van der Waals surface area contributed by atoms with Gasteiger partial charge in [-0.1, -0.05) is 18.2 Å². The fourth-order valence-corrected chi connectivity index (χ4v) is 5.63. The van der Waals surface area contributed by atoms with Gasteiger partial charge in [-0.3, -0.25) is 9.59 Å². The summed E-state index contributed by atoms with van der Waals surface area (Å²) < 4.78 is 2.75. The van der Waals surface area contributed by atoms with E-state index < -0.39 is 0 Å². The number of hydrogen-bond donors (Lipinski definition) is 1. The number of carbonyl (C=O) groups excluding carboxylic acids is 2. The SMILES string of the molecule is Cc1cnc2c(C(=O)N3CC[C@H](c4c(C(=O)NC(C)C)sc5ccccc45)C3)cnn2c1. The van der Waals surface area contributed by atoms with Crippen LogP contribution < -0.4 is 5.32 Å². The lowest BCUT2D eigenvalue weighted by Gasteiger charge is -2.17. The Bertz CT molecular complexity index is 1340. The number of benzene rings is 1. The predicted molar refractivity (Wildman–Crippen MR) is 125 cm³/mol. The summed E-state index contributed by atoms with van der Waals surface area (Å²) in [6.45, 7) is 7.09. The Kier molecular flexibility index (Phi) is 5.17. The van der Waals surface area contributed by atoms with Crippen LogP contribution in [0.1, 0.15) is 57.3 Å². The Hall–Kier alpha value is -3.26. The molecule has 0 saturated carbocycles.